The molecule has 3 aromatic carbocycles. The number of fused-ring (bicyclic) bond motifs is 5. The van der Waals surface area contributed by atoms with Gasteiger partial charge in [0.2, 0.25) is 0 Å². The number of nitrogens with two attached hydrogens (primary N) is 1. The van der Waals surface area contributed by atoms with Crippen LogP contribution in [0.2, 0.25) is 0 Å². The number of aromatic nitrogens is 4. The van der Waals surface area contributed by atoms with E-state index in [0.717, 1.165) is 64.0 Å². The van der Waals surface area contributed by atoms with Gasteiger partial charge in [0.1, 0.15) is 17.0 Å². The van der Waals surface area contributed by atoms with E-state index in [1.807, 2.05) is 42.3 Å². The molecule has 0 spiro atoms. The number of rotatable bonds is 6. The molecule has 3 atom stereocenters. The number of nitrogens with one attached hydrogen (secondary N) is 1. The minimum atomic E-state index is -0.287. The zero-order valence-corrected chi connectivity index (χ0v) is 27.3. The average molecular weight is 643 g/mol. The predicted molar refractivity (Wildman–Crippen MR) is 186 cm³/mol. The van der Waals surface area contributed by atoms with E-state index in [4.69, 9.17) is 15.5 Å². The summed E-state index contributed by atoms with van der Waals surface area (Å²) in [7, 11) is 3.64. The number of piperidine rings is 1. The van der Waals surface area contributed by atoms with Gasteiger partial charge in [0.15, 0.2) is 5.82 Å². The Labute approximate surface area is 276 Å². The molecule has 3 fully saturated rings. The number of H-pyrrole nitrogens is 1. The van der Waals surface area contributed by atoms with Crippen LogP contribution in [-0.2, 0) is 13.6 Å². The summed E-state index contributed by atoms with van der Waals surface area (Å²) in [6.07, 6.45) is 4.45. The lowest BCUT2D eigenvalue weighted by atomic mass is 10.0. The molecule has 9 rings (SSSR count). The first kappa shape index (κ1) is 29.1. The summed E-state index contributed by atoms with van der Waals surface area (Å²) < 4.78 is 10.3. The number of aryl methyl sites for hydroxylation is 1. The molecule has 6 aromatic rings. The first-order valence-corrected chi connectivity index (χ1v) is 16.8. The Bertz CT molecular complexity index is 2380. The number of hydrogen-bond donors (Lipinski definition) is 3. The molecule has 0 radical (unpaired) electrons. The number of methoxy groups -OCH3 is 1. The minimum absolute atomic E-state index is 0.00874. The van der Waals surface area contributed by atoms with E-state index in [0.29, 0.717) is 46.2 Å². The first-order valence-electron chi connectivity index (χ1n) is 16.8. The maximum Gasteiger partial charge on any atom is 0.255 e. The van der Waals surface area contributed by atoms with Crippen molar-refractivity contribution in [1.82, 2.24) is 24.0 Å². The van der Waals surface area contributed by atoms with Gasteiger partial charge in [-0.1, -0.05) is 18.2 Å². The summed E-state index contributed by atoms with van der Waals surface area (Å²) in [5.41, 5.74) is 13.3. The van der Waals surface area contributed by atoms with Crippen LogP contribution >= 0.6 is 0 Å². The van der Waals surface area contributed by atoms with Crippen LogP contribution in [0.1, 0.15) is 41.6 Å². The van der Waals surface area contributed by atoms with E-state index in [2.05, 4.69) is 38.4 Å². The SMILES string of the molecule is COc1cc(C(=O)N2CC3CCC2C3N)cc2nc(-c3cc4ccc(-c5ccc6[nH]c(=O)c(C)c(O)c6c5)cc4n3CC3CC3)n(C)c12. The lowest BCUT2D eigenvalue weighted by molar-refractivity contribution is 0.0700. The van der Waals surface area contributed by atoms with E-state index >= 15 is 0 Å². The molecular formula is C38H38N6O4. The van der Waals surface area contributed by atoms with Crippen LogP contribution in [-0.4, -0.2) is 60.8 Å². The third-order valence-electron chi connectivity index (χ3n) is 11.1. The Morgan fingerprint density at radius 3 is 2.58 bits per heavy atom. The summed E-state index contributed by atoms with van der Waals surface area (Å²) in [5, 5.41) is 12.5. The van der Waals surface area contributed by atoms with Gasteiger partial charge >= 0.3 is 0 Å². The second kappa shape index (κ2) is 10.5. The van der Waals surface area contributed by atoms with E-state index in [9.17, 15) is 14.7 Å². The molecule has 2 saturated carbocycles. The second-order valence-corrected chi connectivity index (χ2v) is 14.0. The third-order valence-corrected chi connectivity index (χ3v) is 11.1. The monoisotopic (exact) mass is 642 g/mol. The van der Waals surface area contributed by atoms with Crippen LogP contribution in [0.15, 0.2) is 59.4 Å². The number of likely N-dealkylation sites (tertiary alicyclic amines) is 1. The van der Waals surface area contributed by atoms with Crippen LogP contribution in [0, 0.1) is 18.8 Å². The fourth-order valence-electron chi connectivity index (χ4n) is 8.20. The predicted octanol–water partition coefficient (Wildman–Crippen LogP) is 5.70. The highest BCUT2D eigenvalue weighted by molar-refractivity contribution is 6.01. The largest absolute Gasteiger partial charge is 0.507 e. The van der Waals surface area contributed by atoms with E-state index in [1.165, 1.54) is 12.8 Å². The van der Waals surface area contributed by atoms with Gasteiger partial charge in [-0.05, 0) is 92.0 Å². The smallest absolute Gasteiger partial charge is 0.255 e. The van der Waals surface area contributed by atoms with Crippen molar-refractivity contribution >= 4 is 38.7 Å². The number of carbonyl (C=O) groups is 1. The number of benzene rings is 3. The Morgan fingerprint density at radius 1 is 1.06 bits per heavy atom. The molecule has 4 heterocycles. The molecule has 1 saturated heterocycles. The van der Waals surface area contributed by atoms with Crippen molar-refractivity contribution in [2.24, 2.45) is 24.6 Å². The molecule has 10 heteroatoms. The summed E-state index contributed by atoms with van der Waals surface area (Å²) in [6.45, 7) is 3.21. The van der Waals surface area contributed by atoms with Gasteiger partial charge in [-0.2, -0.15) is 0 Å². The summed E-state index contributed by atoms with van der Waals surface area (Å²) >= 11 is 0. The standard InChI is InChI=1S/C38H38N6O4/c1-19-35(45)26-12-21(8-10-27(26)41-37(19)46)22-6-7-23-15-31(43(30(23)14-22)17-20-4-5-20)36-40-28-13-25(16-32(48-3)34(28)42(36)2)38(47)44-18-24-9-11-29(44)33(24)39/h6-8,10,12-16,20,24,29,33H,4-5,9,11,17-18,39H2,1-3H3,(H2,41,45,46). The van der Waals surface area contributed by atoms with Crippen LogP contribution in [0.25, 0.3) is 55.5 Å². The summed E-state index contributed by atoms with van der Waals surface area (Å²) in [6, 6.07) is 18.3. The molecule has 2 bridgehead atoms. The zero-order chi connectivity index (χ0) is 33.0. The van der Waals surface area contributed by atoms with Gasteiger partial charge in [0.05, 0.1) is 29.4 Å². The number of carbonyl (C=O) groups excluding carboxylic acids is 1. The molecule has 1 amide bonds. The molecule has 4 N–H and O–H groups in total. The van der Waals surface area contributed by atoms with Gasteiger partial charge in [0, 0.05) is 54.1 Å². The number of imidazole rings is 1. The molecule has 2 aliphatic carbocycles. The van der Waals surface area contributed by atoms with Crippen molar-refractivity contribution in [2.45, 2.75) is 51.2 Å². The topological polar surface area (TPSA) is 131 Å². The lowest BCUT2D eigenvalue weighted by Crippen LogP contribution is -2.41. The average Bonchev–Trinajstić information content (AvgIpc) is 3.50. The molecule has 48 heavy (non-hydrogen) atoms. The summed E-state index contributed by atoms with van der Waals surface area (Å²) in [5.74, 6) is 2.41. The van der Waals surface area contributed by atoms with Gasteiger partial charge in [-0.3, -0.25) is 9.59 Å². The maximum absolute atomic E-state index is 13.8. The Hall–Kier alpha value is -5.09. The summed E-state index contributed by atoms with van der Waals surface area (Å²) in [4.78, 5) is 35.9. The van der Waals surface area contributed by atoms with Crippen LogP contribution in [0.3, 0.4) is 0 Å². The van der Waals surface area contributed by atoms with Crippen molar-refractivity contribution in [3.8, 4) is 34.1 Å². The minimum Gasteiger partial charge on any atom is -0.507 e. The molecular weight excluding hydrogens is 604 g/mol. The van der Waals surface area contributed by atoms with Crippen LogP contribution < -0.4 is 16.0 Å². The fourth-order valence-corrected chi connectivity index (χ4v) is 8.20. The number of aromatic hydroxyl groups is 1. The van der Waals surface area contributed by atoms with Crippen molar-refractivity contribution in [1.29, 1.82) is 0 Å². The Morgan fingerprint density at radius 2 is 1.85 bits per heavy atom. The van der Waals surface area contributed by atoms with Crippen LogP contribution in [0.4, 0.5) is 0 Å². The highest BCUT2D eigenvalue weighted by Gasteiger charge is 2.47. The molecule has 3 unspecified atom stereocenters. The number of pyridine rings is 1. The normalized spacial score (nSPS) is 20.5. The van der Waals surface area contributed by atoms with Crippen molar-refractivity contribution < 1.29 is 14.6 Å². The molecule has 10 nitrogen and oxygen atoms in total. The van der Waals surface area contributed by atoms with Crippen molar-refractivity contribution in [2.75, 3.05) is 13.7 Å². The second-order valence-electron chi connectivity index (χ2n) is 14.0. The van der Waals surface area contributed by atoms with Gasteiger partial charge in [-0.25, -0.2) is 4.98 Å². The quantitative estimate of drug-likeness (QED) is 0.214. The van der Waals surface area contributed by atoms with Gasteiger partial charge < -0.3 is 34.6 Å². The molecule has 3 aromatic heterocycles. The Kier molecular flexibility index (Phi) is 6.33. The third kappa shape index (κ3) is 4.31. The van der Waals surface area contributed by atoms with Crippen molar-refractivity contribution in [3.63, 3.8) is 0 Å². The number of aromatic amines is 1. The van der Waals surface area contributed by atoms with Crippen LogP contribution in [0.5, 0.6) is 11.5 Å². The number of ether oxygens (including phenoxy) is 1. The van der Waals surface area contributed by atoms with Gasteiger partial charge in [0.25, 0.3) is 11.5 Å². The van der Waals surface area contributed by atoms with Crippen molar-refractivity contribution in [3.05, 3.63) is 76.1 Å². The molecule has 1 aliphatic heterocycles. The fraction of sp³-hybridized carbons (Fsp3) is 0.342. The van der Waals surface area contributed by atoms with Gasteiger partial charge in [-0.15, -0.1) is 0 Å². The highest BCUT2D eigenvalue weighted by Crippen LogP contribution is 2.41. The van der Waals surface area contributed by atoms with E-state index < -0.39 is 0 Å². The Balaban J connectivity index is 1.15. The maximum atomic E-state index is 13.8. The zero-order valence-electron chi connectivity index (χ0n) is 27.3. The number of hydrogen-bond acceptors (Lipinski definition) is 6. The highest BCUT2D eigenvalue weighted by atomic mass is 16.5. The number of amides is 1. The molecule has 3 aliphatic rings. The molecule has 244 valence electrons. The van der Waals surface area contributed by atoms with E-state index in [-0.39, 0.29) is 29.3 Å². The lowest BCUT2D eigenvalue weighted by Gasteiger charge is -2.27. The first-order chi connectivity index (χ1) is 23.2. The van der Waals surface area contributed by atoms with E-state index in [1.54, 1.807) is 14.0 Å². The number of nitrogens with zero attached hydrogens (tertiary/aromatic N) is 4.